The van der Waals surface area contributed by atoms with E-state index in [9.17, 15) is 0 Å². The minimum Gasteiger partial charge on any atom is -0.495 e. The zero-order valence-corrected chi connectivity index (χ0v) is 14.9. The van der Waals surface area contributed by atoms with Crippen molar-refractivity contribution < 1.29 is 9.15 Å². The lowest BCUT2D eigenvalue weighted by Gasteiger charge is -2.04. The zero-order valence-electron chi connectivity index (χ0n) is 12.5. The van der Waals surface area contributed by atoms with Gasteiger partial charge in [-0.2, -0.15) is 0 Å². The average Bonchev–Trinajstić information content (AvgIpc) is 3.19. The smallest absolute Gasteiger partial charge is 0.137 e. The van der Waals surface area contributed by atoms with Gasteiger partial charge < -0.3 is 14.5 Å². The van der Waals surface area contributed by atoms with Gasteiger partial charge in [-0.05, 0) is 41.8 Å². The van der Waals surface area contributed by atoms with Crippen LogP contribution in [0.25, 0.3) is 11.3 Å². The molecule has 0 spiro atoms. The first-order valence-electron chi connectivity index (χ1n) is 6.92. The van der Waals surface area contributed by atoms with Crippen LogP contribution in [0.4, 0.5) is 0 Å². The molecule has 122 valence electrons. The summed E-state index contributed by atoms with van der Waals surface area (Å²) in [7, 11) is 1.60. The Bertz CT molecular complexity index is 741. The molecule has 6 heteroatoms. The molecule has 0 saturated heterocycles. The van der Waals surface area contributed by atoms with Crippen LogP contribution in [0.1, 0.15) is 10.6 Å². The topological polar surface area (TPSA) is 34.4 Å². The molecule has 3 nitrogen and oxygen atoms in total. The molecule has 0 atom stereocenters. The fourth-order valence-electron chi connectivity index (χ4n) is 2.17. The summed E-state index contributed by atoms with van der Waals surface area (Å²) < 4.78 is 11.0. The fraction of sp³-hybridized carbons (Fsp3) is 0.176. The van der Waals surface area contributed by atoms with Gasteiger partial charge in [0.25, 0.3) is 0 Å². The van der Waals surface area contributed by atoms with Gasteiger partial charge in [0.1, 0.15) is 17.3 Å². The first kappa shape index (κ1) is 17.9. The summed E-state index contributed by atoms with van der Waals surface area (Å²) in [4.78, 5) is 1.31. The van der Waals surface area contributed by atoms with Gasteiger partial charge in [0.2, 0.25) is 0 Å². The number of nitrogens with one attached hydrogen (secondary N) is 1. The van der Waals surface area contributed by atoms with Crippen molar-refractivity contribution in [2.45, 2.75) is 13.1 Å². The molecule has 0 bridgehead atoms. The Morgan fingerprint density at radius 1 is 1.17 bits per heavy atom. The molecule has 0 aliphatic heterocycles. The van der Waals surface area contributed by atoms with Crippen molar-refractivity contribution in [2.75, 3.05) is 7.11 Å². The van der Waals surface area contributed by atoms with Crippen molar-refractivity contribution in [3.8, 4) is 17.1 Å². The van der Waals surface area contributed by atoms with Gasteiger partial charge >= 0.3 is 0 Å². The summed E-state index contributed by atoms with van der Waals surface area (Å²) in [5.41, 5.74) is 0.940. The molecule has 0 unspecified atom stereocenters. The standard InChI is InChI=1S/C17H16ClNO2S.ClH/c1-20-17-6-4-12(9-15(17)18)16-7-5-13(21-16)10-19-11-14-3-2-8-22-14;/h2-9,19H,10-11H2,1H3;1H. The normalized spacial score (nSPS) is 10.3. The third kappa shape index (κ3) is 4.52. The summed E-state index contributed by atoms with van der Waals surface area (Å²) in [6.07, 6.45) is 0. The Hall–Kier alpha value is -1.46. The van der Waals surface area contributed by atoms with Crippen molar-refractivity contribution in [1.82, 2.24) is 5.32 Å². The third-order valence-electron chi connectivity index (χ3n) is 3.28. The molecule has 0 aliphatic rings. The first-order chi connectivity index (χ1) is 10.8. The van der Waals surface area contributed by atoms with Crippen LogP contribution in [0.5, 0.6) is 5.75 Å². The maximum atomic E-state index is 6.15. The molecule has 0 amide bonds. The van der Waals surface area contributed by atoms with E-state index in [0.717, 1.165) is 23.6 Å². The number of benzene rings is 1. The SMILES string of the molecule is COc1ccc(-c2ccc(CNCc3cccs3)o2)cc1Cl.Cl. The quantitative estimate of drug-likeness (QED) is 0.632. The molecular weight excluding hydrogens is 353 g/mol. The maximum Gasteiger partial charge on any atom is 0.137 e. The highest BCUT2D eigenvalue weighted by atomic mass is 35.5. The Kier molecular flexibility index (Phi) is 6.54. The van der Waals surface area contributed by atoms with E-state index in [-0.39, 0.29) is 12.4 Å². The highest BCUT2D eigenvalue weighted by molar-refractivity contribution is 7.09. The number of ether oxygens (including phenoxy) is 1. The van der Waals surface area contributed by atoms with Crippen LogP contribution < -0.4 is 10.1 Å². The van der Waals surface area contributed by atoms with E-state index in [1.807, 2.05) is 30.3 Å². The van der Waals surface area contributed by atoms with E-state index >= 15 is 0 Å². The summed E-state index contributed by atoms with van der Waals surface area (Å²) in [6.45, 7) is 1.55. The van der Waals surface area contributed by atoms with Crippen molar-refractivity contribution in [1.29, 1.82) is 0 Å². The number of halogens is 2. The number of methoxy groups -OCH3 is 1. The molecule has 23 heavy (non-hydrogen) atoms. The van der Waals surface area contributed by atoms with E-state index in [1.54, 1.807) is 18.4 Å². The number of rotatable bonds is 6. The lowest BCUT2D eigenvalue weighted by atomic mass is 10.2. The second kappa shape index (κ2) is 8.41. The molecule has 1 N–H and O–H groups in total. The largest absolute Gasteiger partial charge is 0.495 e. The fourth-order valence-corrected chi connectivity index (χ4v) is 3.10. The zero-order chi connectivity index (χ0) is 15.4. The van der Waals surface area contributed by atoms with E-state index < -0.39 is 0 Å². The van der Waals surface area contributed by atoms with E-state index in [4.69, 9.17) is 20.8 Å². The molecule has 0 fully saturated rings. The molecule has 2 heterocycles. The van der Waals surface area contributed by atoms with Crippen LogP contribution in [-0.4, -0.2) is 7.11 Å². The van der Waals surface area contributed by atoms with Gasteiger partial charge in [0.05, 0.1) is 18.7 Å². The highest BCUT2D eigenvalue weighted by Gasteiger charge is 2.08. The number of thiophene rings is 1. The lowest BCUT2D eigenvalue weighted by molar-refractivity contribution is 0.415. The first-order valence-corrected chi connectivity index (χ1v) is 8.18. The van der Waals surface area contributed by atoms with Crippen LogP contribution in [-0.2, 0) is 13.1 Å². The number of hydrogen-bond donors (Lipinski definition) is 1. The van der Waals surface area contributed by atoms with Gasteiger partial charge in [-0.3, -0.25) is 0 Å². The van der Waals surface area contributed by atoms with Gasteiger partial charge in [-0.15, -0.1) is 23.7 Å². The highest BCUT2D eigenvalue weighted by Crippen LogP contribution is 2.31. The minimum atomic E-state index is 0. The Balaban J connectivity index is 0.00000192. The maximum absolute atomic E-state index is 6.15. The molecule has 0 saturated carbocycles. The number of hydrogen-bond acceptors (Lipinski definition) is 4. The second-order valence-corrected chi connectivity index (χ2v) is 6.24. The van der Waals surface area contributed by atoms with E-state index in [0.29, 0.717) is 17.3 Å². The van der Waals surface area contributed by atoms with Crippen LogP contribution in [0.2, 0.25) is 5.02 Å². The number of furan rings is 1. The van der Waals surface area contributed by atoms with Crippen molar-refractivity contribution in [2.24, 2.45) is 0 Å². The van der Waals surface area contributed by atoms with Crippen molar-refractivity contribution >= 4 is 35.3 Å². The van der Waals surface area contributed by atoms with Crippen molar-refractivity contribution in [3.05, 3.63) is 63.5 Å². The van der Waals surface area contributed by atoms with Gasteiger partial charge in [-0.25, -0.2) is 0 Å². The predicted octanol–water partition coefficient (Wildman–Crippen LogP) is 5.38. The van der Waals surface area contributed by atoms with Gasteiger partial charge in [0.15, 0.2) is 0 Å². The Morgan fingerprint density at radius 3 is 2.74 bits per heavy atom. The molecule has 0 radical (unpaired) electrons. The lowest BCUT2D eigenvalue weighted by Crippen LogP contribution is -2.10. The monoisotopic (exact) mass is 369 g/mol. The molecule has 3 aromatic rings. The van der Waals surface area contributed by atoms with Crippen molar-refractivity contribution in [3.63, 3.8) is 0 Å². The molecule has 0 aliphatic carbocycles. The molecule has 3 rings (SSSR count). The summed E-state index contributed by atoms with van der Waals surface area (Å²) in [5.74, 6) is 2.37. The van der Waals surface area contributed by atoms with Crippen LogP contribution in [0, 0.1) is 0 Å². The van der Waals surface area contributed by atoms with Crippen LogP contribution in [0.3, 0.4) is 0 Å². The Labute approximate surface area is 150 Å². The second-order valence-electron chi connectivity index (χ2n) is 4.80. The molecule has 2 aromatic heterocycles. The molecule has 1 aromatic carbocycles. The van der Waals surface area contributed by atoms with E-state index in [2.05, 4.69) is 22.8 Å². The van der Waals surface area contributed by atoms with E-state index in [1.165, 1.54) is 4.88 Å². The van der Waals surface area contributed by atoms with Crippen LogP contribution in [0.15, 0.2) is 52.3 Å². The Morgan fingerprint density at radius 2 is 2.04 bits per heavy atom. The third-order valence-corrected chi connectivity index (χ3v) is 4.45. The van der Waals surface area contributed by atoms with Gasteiger partial charge in [-0.1, -0.05) is 17.7 Å². The summed E-state index contributed by atoms with van der Waals surface area (Å²) in [5, 5.41) is 6.03. The summed E-state index contributed by atoms with van der Waals surface area (Å²) >= 11 is 7.89. The minimum absolute atomic E-state index is 0. The average molecular weight is 370 g/mol. The van der Waals surface area contributed by atoms with Crippen LogP contribution >= 0.6 is 35.3 Å². The molecular formula is C17H17Cl2NO2S. The summed E-state index contributed by atoms with van der Waals surface area (Å²) in [6, 6.07) is 13.7. The van der Waals surface area contributed by atoms with Gasteiger partial charge in [0, 0.05) is 17.0 Å². The predicted molar refractivity (Wildman–Crippen MR) is 97.8 cm³/mol.